The van der Waals surface area contributed by atoms with Gasteiger partial charge in [0.1, 0.15) is 0 Å². The summed E-state index contributed by atoms with van der Waals surface area (Å²) in [5, 5.41) is 5.24. The molecular weight excluding hydrogens is 316 g/mol. The summed E-state index contributed by atoms with van der Waals surface area (Å²) < 4.78 is 0.849. The fraction of sp³-hybridized carbons (Fsp3) is 0.333. The number of amides is 2. The largest absolute Gasteiger partial charge is 0.352 e. The molecule has 0 bridgehead atoms. The Bertz CT molecular complexity index is 463. The summed E-state index contributed by atoms with van der Waals surface area (Å²) in [6.45, 7) is 3.68. The highest BCUT2D eigenvalue weighted by Crippen LogP contribution is 2.19. The van der Waals surface area contributed by atoms with Crippen LogP contribution in [0.2, 0.25) is 0 Å². The molecule has 0 radical (unpaired) electrons. The Morgan fingerprint density at radius 3 is 2.61 bits per heavy atom. The first kappa shape index (κ1) is 15.0. The van der Waals surface area contributed by atoms with Crippen LogP contribution >= 0.6 is 28.6 Å². The molecule has 0 aromatic heterocycles. The summed E-state index contributed by atoms with van der Waals surface area (Å²) in [6, 6.07) is 5.19. The standard InChI is InChI=1S/C12H15BrN2O2S/c1-7(2)15-11(16)6-14-12(17)9-4-3-8(13)5-10(9)18/h3-5,7,18H,6H2,1-2H3,(H,14,17)(H,15,16). The summed E-state index contributed by atoms with van der Waals surface area (Å²) in [4.78, 5) is 23.7. The molecule has 2 N–H and O–H groups in total. The van der Waals surface area contributed by atoms with Crippen LogP contribution in [0.3, 0.4) is 0 Å². The van der Waals surface area contributed by atoms with E-state index in [1.54, 1.807) is 18.2 Å². The Kier molecular flexibility index (Phi) is 5.68. The molecule has 0 atom stereocenters. The van der Waals surface area contributed by atoms with Crippen molar-refractivity contribution in [2.24, 2.45) is 0 Å². The second-order valence-corrected chi connectivity index (χ2v) is 5.46. The number of nitrogens with one attached hydrogen (secondary N) is 2. The van der Waals surface area contributed by atoms with Crippen LogP contribution in [0.1, 0.15) is 24.2 Å². The number of hydrogen-bond acceptors (Lipinski definition) is 3. The fourth-order valence-corrected chi connectivity index (χ4v) is 2.18. The van der Waals surface area contributed by atoms with Crippen molar-refractivity contribution in [1.82, 2.24) is 10.6 Å². The molecule has 0 spiro atoms. The molecule has 0 saturated heterocycles. The van der Waals surface area contributed by atoms with E-state index in [0.717, 1.165) is 4.47 Å². The summed E-state index contributed by atoms with van der Waals surface area (Å²) in [7, 11) is 0. The number of carbonyl (C=O) groups is 2. The SMILES string of the molecule is CC(C)NC(=O)CNC(=O)c1ccc(Br)cc1S. The Morgan fingerprint density at radius 1 is 1.39 bits per heavy atom. The van der Waals surface area contributed by atoms with Crippen molar-refractivity contribution in [3.05, 3.63) is 28.2 Å². The highest BCUT2D eigenvalue weighted by molar-refractivity contribution is 9.10. The molecule has 0 saturated carbocycles. The van der Waals surface area contributed by atoms with Crippen LogP contribution in [0.25, 0.3) is 0 Å². The van der Waals surface area contributed by atoms with Gasteiger partial charge in [-0.15, -0.1) is 12.6 Å². The Labute approximate surface area is 120 Å². The van der Waals surface area contributed by atoms with Crippen LogP contribution in [0, 0.1) is 0 Å². The number of hydrogen-bond donors (Lipinski definition) is 3. The molecule has 0 heterocycles. The number of benzene rings is 1. The lowest BCUT2D eigenvalue weighted by atomic mass is 10.2. The van der Waals surface area contributed by atoms with Crippen molar-refractivity contribution < 1.29 is 9.59 Å². The monoisotopic (exact) mass is 330 g/mol. The summed E-state index contributed by atoms with van der Waals surface area (Å²) in [5.74, 6) is -0.525. The maximum Gasteiger partial charge on any atom is 0.252 e. The van der Waals surface area contributed by atoms with Gasteiger partial charge in [0.05, 0.1) is 12.1 Å². The molecule has 98 valence electrons. The van der Waals surface area contributed by atoms with Crippen molar-refractivity contribution >= 4 is 40.4 Å². The van der Waals surface area contributed by atoms with Gasteiger partial charge in [-0.05, 0) is 32.0 Å². The smallest absolute Gasteiger partial charge is 0.252 e. The molecule has 0 aliphatic rings. The predicted octanol–water partition coefficient (Wildman–Crippen LogP) is 1.99. The first-order valence-electron chi connectivity index (χ1n) is 5.46. The van der Waals surface area contributed by atoms with E-state index < -0.39 is 0 Å². The van der Waals surface area contributed by atoms with E-state index >= 15 is 0 Å². The average Bonchev–Trinajstić information content (AvgIpc) is 2.25. The van der Waals surface area contributed by atoms with Crippen molar-refractivity contribution in [1.29, 1.82) is 0 Å². The summed E-state index contributed by atoms with van der Waals surface area (Å²) in [5.41, 5.74) is 0.443. The second kappa shape index (κ2) is 6.80. The van der Waals surface area contributed by atoms with Crippen molar-refractivity contribution in [3.8, 4) is 0 Å². The zero-order valence-corrected chi connectivity index (χ0v) is 12.6. The van der Waals surface area contributed by atoms with Gasteiger partial charge in [-0.2, -0.15) is 0 Å². The Hall–Kier alpha value is -1.01. The minimum Gasteiger partial charge on any atom is -0.352 e. The molecule has 1 aromatic rings. The highest BCUT2D eigenvalue weighted by atomic mass is 79.9. The summed E-state index contributed by atoms with van der Waals surface area (Å²) >= 11 is 7.51. The van der Waals surface area contributed by atoms with E-state index in [-0.39, 0.29) is 24.4 Å². The first-order valence-corrected chi connectivity index (χ1v) is 6.70. The molecule has 4 nitrogen and oxygen atoms in total. The van der Waals surface area contributed by atoms with Crippen LogP contribution in [-0.4, -0.2) is 24.4 Å². The first-order chi connectivity index (χ1) is 8.40. The molecule has 18 heavy (non-hydrogen) atoms. The normalized spacial score (nSPS) is 10.3. The second-order valence-electron chi connectivity index (χ2n) is 4.07. The molecule has 6 heteroatoms. The van der Waals surface area contributed by atoms with Gasteiger partial charge in [-0.1, -0.05) is 15.9 Å². The van der Waals surface area contributed by atoms with Crippen LogP contribution in [0.15, 0.2) is 27.6 Å². The van der Waals surface area contributed by atoms with E-state index in [1.807, 2.05) is 13.8 Å². The quantitative estimate of drug-likeness (QED) is 0.739. The molecule has 2 amide bonds. The van der Waals surface area contributed by atoms with Crippen LogP contribution < -0.4 is 10.6 Å². The van der Waals surface area contributed by atoms with E-state index in [9.17, 15) is 9.59 Å². The van der Waals surface area contributed by atoms with E-state index in [0.29, 0.717) is 10.5 Å². The lowest BCUT2D eigenvalue weighted by Crippen LogP contribution is -2.39. The molecule has 0 aliphatic heterocycles. The van der Waals surface area contributed by atoms with Crippen molar-refractivity contribution in [2.75, 3.05) is 6.54 Å². The lowest BCUT2D eigenvalue weighted by molar-refractivity contribution is -0.120. The summed E-state index contributed by atoms with van der Waals surface area (Å²) in [6.07, 6.45) is 0. The topological polar surface area (TPSA) is 58.2 Å². The third-order valence-corrected chi connectivity index (χ3v) is 2.93. The number of carbonyl (C=O) groups excluding carboxylic acids is 2. The maximum absolute atomic E-state index is 11.8. The molecular formula is C12H15BrN2O2S. The molecule has 0 aliphatic carbocycles. The molecule has 0 fully saturated rings. The zero-order chi connectivity index (χ0) is 13.7. The van der Waals surface area contributed by atoms with E-state index in [1.165, 1.54) is 0 Å². The van der Waals surface area contributed by atoms with Gasteiger partial charge in [-0.3, -0.25) is 9.59 Å². The van der Waals surface area contributed by atoms with Crippen molar-refractivity contribution in [2.45, 2.75) is 24.8 Å². The third kappa shape index (κ3) is 4.70. The van der Waals surface area contributed by atoms with Gasteiger partial charge in [0.15, 0.2) is 0 Å². The van der Waals surface area contributed by atoms with Gasteiger partial charge in [-0.25, -0.2) is 0 Å². The number of rotatable bonds is 4. The highest BCUT2D eigenvalue weighted by Gasteiger charge is 2.11. The Morgan fingerprint density at radius 2 is 2.06 bits per heavy atom. The number of thiol groups is 1. The van der Waals surface area contributed by atoms with Gasteiger partial charge in [0.2, 0.25) is 5.91 Å². The average molecular weight is 331 g/mol. The van der Waals surface area contributed by atoms with Gasteiger partial charge < -0.3 is 10.6 Å². The zero-order valence-electron chi connectivity index (χ0n) is 10.2. The molecule has 1 rings (SSSR count). The number of halogens is 1. The van der Waals surface area contributed by atoms with Gasteiger partial charge in [0.25, 0.3) is 5.91 Å². The fourth-order valence-electron chi connectivity index (χ4n) is 1.33. The lowest BCUT2D eigenvalue weighted by Gasteiger charge is -2.10. The van der Waals surface area contributed by atoms with Crippen molar-refractivity contribution in [3.63, 3.8) is 0 Å². The van der Waals surface area contributed by atoms with Crippen LogP contribution in [0.4, 0.5) is 0 Å². The molecule has 1 aromatic carbocycles. The third-order valence-electron chi connectivity index (χ3n) is 2.06. The van der Waals surface area contributed by atoms with Crippen LogP contribution in [-0.2, 0) is 4.79 Å². The van der Waals surface area contributed by atoms with Gasteiger partial charge in [0, 0.05) is 15.4 Å². The predicted molar refractivity (Wildman–Crippen MR) is 77.0 cm³/mol. The van der Waals surface area contributed by atoms with Crippen LogP contribution in [0.5, 0.6) is 0 Å². The Balaban J connectivity index is 2.58. The van der Waals surface area contributed by atoms with E-state index in [4.69, 9.17) is 0 Å². The maximum atomic E-state index is 11.8. The van der Waals surface area contributed by atoms with Gasteiger partial charge >= 0.3 is 0 Å². The molecule has 0 unspecified atom stereocenters. The minimum absolute atomic E-state index is 0.0414. The minimum atomic E-state index is -0.314. The van der Waals surface area contributed by atoms with E-state index in [2.05, 4.69) is 39.2 Å².